The fraction of sp³-hybridized carbons (Fsp3) is 0.348. The highest BCUT2D eigenvalue weighted by Crippen LogP contribution is 2.37. The molecule has 0 atom stereocenters. The van der Waals surface area contributed by atoms with E-state index in [4.69, 9.17) is 9.15 Å². The van der Waals surface area contributed by atoms with Crippen LogP contribution in [-0.4, -0.2) is 76.6 Å². The molecule has 0 spiro atoms. The van der Waals surface area contributed by atoms with Crippen LogP contribution in [0.3, 0.4) is 0 Å². The summed E-state index contributed by atoms with van der Waals surface area (Å²) in [6.45, 7) is 5.48. The normalized spacial score (nSPS) is 15.3. The SMILES string of the molecule is CN1CCN(CCCOc2cc(O)c3c(=O)c(O)c(-c4ccc(O)c(O)c4)oc3c2)CC1. The highest BCUT2D eigenvalue weighted by Gasteiger charge is 2.20. The molecule has 3 aromatic rings. The van der Waals surface area contributed by atoms with Crippen molar-refractivity contribution in [3.05, 3.63) is 40.6 Å². The monoisotopic (exact) mass is 442 g/mol. The molecule has 4 rings (SSSR count). The summed E-state index contributed by atoms with van der Waals surface area (Å²) in [4.78, 5) is 17.3. The zero-order valence-corrected chi connectivity index (χ0v) is 17.7. The van der Waals surface area contributed by atoms with Crippen molar-refractivity contribution < 1.29 is 29.6 Å². The predicted molar refractivity (Wildman–Crippen MR) is 119 cm³/mol. The highest BCUT2D eigenvalue weighted by molar-refractivity contribution is 5.88. The van der Waals surface area contributed by atoms with Gasteiger partial charge in [-0.15, -0.1) is 0 Å². The number of likely N-dealkylation sites (N-methyl/N-ethyl adjacent to an activating group) is 1. The average molecular weight is 442 g/mol. The summed E-state index contributed by atoms with van der Waals surface area (Å²) in [5, 5.41) is 39.7. The topological polar surface area (TPSA) is 127 Å². The molecule has 170 valence electrons. The number of nitrogens with zero attached hydrogens (tertiary/aromatic N) is 2. The van der Waals surface area contributed by atoms with Crippen LogP contribution in [0.15, 0.2) is 39.5 Å². The summed E-state index contributed by atoms with van der Waals surface area (Å²) >= 11 is 0. The predicted octanol–water partition coefficient (Wildman–Crippen LogP) is 2.30. The van der Waals surface area contributed by atoms with Crippen LogP contribution in [0.5, 0.6) is 28.7 Å². The summed E-state index contributed by atoms with van der Waals surface area (Å²) in [5.74, 6) is -1.70. The van der Waals surface area contributed by atoms with Gasteiger partial charge in [0.1, 0.15) is 22.5 Å². The van der Waals surface area contributed by atoms with Crippen molar-refractivity contribution in [2.75, 3.05) is 46.4 Å². The largest absolute Gasteiger partial charge is 0.507 e. The summed E-state index contributed by atoms with van der Waals surface area (Å²) in [5.41, 5.74) is -0.591. The second-order valence-corrected chi connectivity index (χ2v) is 7.97. The Labute approximate surface area is 184 Å². The van der Waals surface area contributed by atoms with Gasteiger partial charge in [0.25, 0.3) is 0 Å². The number of fused-ring (bicyclic) bond motifs is 1. The quantitative estimate of drug-likeness (QED) is 0.336. The Hall–Kier alpha value is -3.43. The fourth-order valence-electron chi connectivity index (χ4n) is 3.76. The van der Waals surface area contributed by atoms with Gasteiger partial charge in [-0.1, -0.05) is 0 Å². The molecule has 1 fully saturated rings. The van der Waals surface area contributed by atoms with Gasteiger partial charge in [0, 0.05) is 50.4 Å². The smallest absolute Gasteiger partial charge is 0.238 e. The number of rotatable bonds is 6. The molecule has 1 aromatic heterocycles. The van der Waals surface area contributed by atoms with Gasteiger partial charge in [-0.05, 0) is 31.7 Å². The van der Waals surface area contributed by atoms with Crippen LogP contribution in [0.2, 0.25) is 0 Å². The van der Waals surface area contributed by atoms with Crippen molar-refractivity contribution in [2.45, 2.75) is 6.42 Å². The van der Waals surface area contributed by atoms with Crippen LogP contribution in [0, 0.1) is 0 Å². The molecule has 1 aliphatic rings. The van der Waals surface area contributed by atoms with Gasteiger partial charge in [-0.2, -0.15) is 0 Å². The fourth-order valence-corrected chi connectivity index (χ4v) is 3.76. The van der Waals surface area contributed by atoms with Crippen LogP contribution in [0.1, 0.15) is 6.42 Å². The number of phenolic OH excluding ortho intramolecular Hbond substituents is 3. The lowest BCUT2D eigenvalue weighted by Crippen LogP contribution is -2.44. The van der Waals surface area contributed by atoms with E-state index in [1.807, 2.05) is 0 Å². The van der Waals surface area contributed by atoms with Gasteiger partial charge >= 0.3 is 0 Å². The first-order chi connectivity index (χ1) is 15.3. The molecule has 9 nitrogen and oxygen atoms in total. The maximum atomic E-state index is 12.6. The van der Waals surface area contributed by atoms with Gasteiger partial charge in [-0.3, -0.25) is 4.79 Å². The molecule has 2 heterocycles. The third kappa shape index (κ3) is 4.44. The van der Waals surface area contributed by atoms with Crippen LogP contribution < -0.4 is 10.2 Å². The van der Waals surface area contributed by atoms with Crippen molar-refractivity contribution >= 4 is 11.0 Å². The average Bonchev–Trinajstić information content (AvgIpc) is 2.76. The van der Waals surface area contributed by atoms with Crippen LogP contribution in [0.25, 0.3) is 22.3 Å². The lowest BCUT2D eigenvalue weighted by Gasteiger charge is -2.32. The molecule has 0 bridgehead atoms. The van der Waals surface area contributed by atoms with Gasteiger partial charge in [0.2, 0.25) is 11.2 Å². The maximum Gasteiger partial charge on any atom is 0.238 e. The molecular weight excluding hydrogens is 416 g/mol. The Bertz CT molecular complexity index is 1180. The molecule has 0 amide bonds. The molecule has 0 saturated carbocycles. The number of benzene rings is 2. The van der Waals surface area contributed by atoms with E-state index in [0.29, 0.717) is 12.4 Å². The highest BCUT2D eigenvalue weighted by atomic mass is 16.5. The molecular formula is C23H26N2O7. The van der Waals surface area contributed by atoms with E-state index in [1.54, 1.807) is 0 Å². The summed E-state index contributed by atoms with van der Waals surface area (Å²) in [7, 11) is 2.11. The van der Waals surface area contributed by atoms with Crippen molar-refractivity contribution in [3.8, 4) is 40.1 Å². The van der Waals surface area contributed by atoms with Crippen LogP contribution in [-0.2, 0) is 0 Å². The molecule has 32 heavy (non-hydrogen) atoms. The maximum absolute atomic E-state index is 12.6. The van der Waals surface area contributed by atoms with E-state index in [-0.39, 0.29) is 33.8 Å². The minimum Gasteiger partial charge on any atom is -0.507 e. The molecule has 0 radical (unpaired) electrons. The minimum absolute atomic E-state index is 0.0319. The number of ether oxygens (including phenoxy) is 1. The molecule has 0 unspecified atom stereocenters. The van der Waals surface area contributed by atoms with E-state index in [2.05, 4.69) is 16.8 Å². The molecule has 2 aromatic carbocycles. The molecule has 1 aliphatic heterocycles. The Morgan fingerprint density at radius 1 is 0.969 bits per heavy atom. The van der Waals surface area contributed by atoms with Crippen molar-refractivity contribution in [3.63, 3.8) is 0 Å². The third-order valence-corrected chi connectivity index (χ3v) is 5.65. The summed E-state index contributed by atoms with van der Waals surface area (Å²) in [6, 6.07) is 6.57. The van der Waals surface area contributed by atoms with Gasteiger partial charge in [0.05, 0.1) is 6.61 Å². The Balaban J connectivity index is 1.54. The van der Waals surface area contributed by atoms with Crippen molar-refractivity contribution in [1.29, 1.82) is 0 Å². The zero-order valence-electron chi connectivity index (χ0n) is 17.7. The number of hydrogen-bond acceptors (Lipinski definition) is 9. The first kappa shape index (κ1) is 21.8. The first-order valence-corrected chi connectivity index (χ1v) is 10.4. The van der Waals surface area contributed by atoms with E-state index < -0.39 is 16.9 Å². The Kier molecular flexibility index (Phi) is 6.11. The van der Waals surface area contributed by atoms with E-state index in [9.17, 15) is 25.2 Å². The number of phenols is 3. The third-order valence-electron chi connectivity index (χ3n) is 5.65. The summed E-state index contributed by atoms with van der Waals surface area (Å²) in [6.07, 6.45) is 0.806. The lowest BCUT2D eigenvalue weighted by atomic mass is 10.1. The molecule has 1 saturated heterocycles. The van der Waals surface area contributed by atoms with E-state index in [1.165, 1.54) is 24.3 Å². The Morgan fingerprint density at radius 3 is 2.44 bits per heavy atom. The lowest BCUT2D eigenvalue weighted by molar-refractivity contribution is 0.145. The second kappa shape index (κ2) is 8.97. The Morgan fingerprint density at radius 2 is 1.72 bits per heavy atom. The van der Waals surface area contributed by atoms with Crippen molar-refractivity contribution in [1.82, 2.24) is 9.80 Å². The minimum atomic E-state index is -0.812. The van der Waals surface area contributed by atoms with Gasteiger partial charge in [0.15, 0.2) is 17.3 Å². The number of aromatic hydroxyl groups is 4. The molecule has 0 aliphatic carbocycles. The van der Waals surface area contributed by atoms with E-state index >= 15 is 0 Å². The standard InChI is InChI=1S/C23H26N2O7/c1-24-6-8-25(9-7-24)5-2-10-31-15-12-18(28)20-19(13-15)32-23(22(30)21(20)29)14-3-4-16(26)17(27)11-14/h3-4,11-13,26-28,30H,2,5-10H2,1H3. The number of piperazine rings is 1. The molecule has 4 N–H and O–H groups in total. The summed E-state index contributed by atoms with van der Waals surface area (Å²) < 4.78 is 11.5. The van der Waals surface area contributed by atoms with Crippen LogP contribution >= 0.6 is 0 Å². The van der Waals surface area contributed by atoms with Crippen LogP contribution in [0.4, 0.5) is 0 Å². The van der Waals surface area contributed by atoms with Crippen molar-refractivity contribution in [2.24, 2.45) is 0 Å². The second-order valence-electron chi connectivity index (χ2n) is 7.97. The van der Waals surface area contributed by atoms with Gasteiger partial charge in [-0.25, -0.2) is 0 Å². The molecule has 9 heteroatoms. The number of hydrogen-bond donors (Lipinski definition) is 4. The first-order valence-electron chi connectivity index (χ1n) is 10.4. The zero-order chi connectivity index (χ0) is 22.8. The van der Waals surface area contributed by atoms with Gasteiger partial charge < -0.3 is 39.4 Å². The van der Waals surface area contributed by atoms with E-state index in [0.717, 1.165) is 45.2 Å².